The van der Waals surface area contributed by atoms with E-state index in [9.17, 15) is 9.90 Å². The molecule has 190 valence electrons. The molecule has 0 aliphatic carbocycles. The average Bonchev–Trinajstić information content (AvgIpc) is 3.36. The molecule has 2 heterocycles. The van der Waals surface area contributed by atoms with Crippen molar-refractivity contribution in [3.63, 3.8) is 0 Å². The van der Waals surface area contributed by atoms with Gasteiger partial charge in [-0.15, -0.1) is 11.3 Å². The third-order valence-electron chi connectivity index (χ3n) is 6.04. The first-order valence-electron chi connectivity index (χ1n) is 11.5. The first-order chi connectivity index (χ1) is 17.5. The minimum atomic E-state index is -0.926. The number of carbonyl (C=O) groups is 1. The topological polar surface area (TPSA) is 83.8 Å². The number of aliphatic hydroxyl groups excluding tert-OH is 1. The van der Waals surface area contributed by atoms with Gasteiger partial charge in [-0.1, -0.05) is 82.9 Å². The van der Waals surface area contributed by atoms with Crippen molar-refractivity contribution >= 4 is 72.7 Å². The summed E-state index contributed by atoms with van der Waals surface area (Å²) >= 11 is 8.84. The van der Waals surface area contributed by atoms with Gasteiger partial charge >= 0.3 is 0 Å². The van der Waals surface area contributed by atoms with Gasteiger partial charge in [-0.25, -0.2) is 9.98 Å². The number of nitrogens with one attached hydrogen (secondary N) is 1. The van der Waals surface area contributed by atoms with Gasteiger partial charge in [-0.05, 0) is 46.0 Å². The summed E-state index contributed by atoms with van der Waals surface area (Å²) in [5, 5.41) is 16.8. The zero-order valence-corrected chi connectivity index (χ0v) is 24.9. The number of carbonyl (C=O) groups excluding carboxylic acids is 1. The maximum absolute atomic E-state index is 12.8. The monoisotopic (exact) mass is 699 g/mol. The van der Waals surface area contributed by atoms with Gasteiger partial charge in [-0.2, -0.15) is 0 Å². The van der Waals surface area contributed by atoms with Gasteiger partial charge in [0.05, 0.1) is 19.8 Å². The Hall–Kier alpha value is -1.31. The average molecular weight is 700 g/mol. The molecule has 0 bridgehead atoms. The van der Waals surface area contributed by atoms with Crippen LogP contribution in [0.15, 0.2) is 75.6 Å². The Morgan fingerprint density at radius 3 is 2.58 bits per heavy atom. The summed E-state index contributed by atoms with van der Waals surface area (Å²) in [7, 11) is 0. The maximum atomic E-state index is 12.8. The summed E-state index contributed by atoms with van der Waals surface area (Å²) in [5.74, 6) is 0.817. The minimum Gasteiger partial charge on any atom is -0.393 e. The Labute approximate surface area is 241 Å². The number of nitrogens with zero attached hydrogens (tertiary/aromatic N) is 2. The molecule has 0 spiro atoms. The van der Waals surface area contributed by atoms with Crippen molar-refractivity contribution < 1.29 is 14.6 Å². The number of thiazole rings is 1. The lowest BCUT2D eigenvalue weighted by Crippen LogP contribution is -2.46. The van der Waals surface area contributed by atoms with E-state index >= 15 is 0 Å². The Morgan fingerprint density at radius 2 is 1.94 bits per heavy atom. The van der Waals surface area contributed by atoms with Gasteiger partial charge in [0.1, 0.15) is 15.1 Å². The number of aromatic nitrogens is 1. The fraction of sp³-hybridized carbons (Fsp3) is 0.346. The van der Waals surface area contributed by atoms with Crippen molar-refractivity contribution in [2.24, 2.45) is 16.8 Å². The van der Waals surface area contributed by atoms with E-state index in [-0.39, 0.29) is 18.4 Å². The van der Waals surface area contributed by atoms with Crippen LogP contribution in [0.1, 0.15) is 27.3 Å². The van der Waals surface area contributed by atoms with Gasteiger partial charge in [0.15, 0.2) is 5.17 Å². The second-order valence-electron chi connectivity index (χ2n) is 8.56. The highest BCUT2D eigenvalue weighted by Gasteiger charge is 2.46. The van der Waals surface area contributed by atoms with Gasteiger partial charge in [0.2, 0.25) is 0 Å². The smallest absolute Gasteiger partial charge is 0.257 e. The van der Waals surface area contributed by atoms with E-state index in [1.54, 1.807) is 12.1 Å². The van der Waals surface area contributed by atoms with Crippen molar-refractivity contribution in [1.82, 2.24) is 10.3 Å². The molecular weight excluding hydrogens is 673 g/mol. The molecule has 1 aliphatic heterocycles. The Morgan fingerprint density at radius 1 is 1.22 bits per heavy atom. The molecule has 0 radical (unpaired) electrons. The van der Waals surface area contributed by atoms with Crippen LogP contribution in [0.5, 0.6) is 0 Å². The number of halogens is 2. The van der Waals surface area contributed by atoms with Gasteiger partial charge in [0.25, 0.3) is 5.91 Å². The van der Waals surface area contributed by atoms with E-state index in [1.807, 2.05) is 41.8 Å². The molecule has 36 heavy (non-hydrogen) atoms. The van der Waals surface area contributed by atoms with E-state index < -0.39 is 5.54 Å². The van der Waals surface area contributed by atoms with Gasteiger partial charge in [0, 0.05) is 27.0 Å². The molecule has 3 aromatic rings. The number of benzene rings is 2. The van der Waals surface area contributed by atoms with E-state index in [1.165, 1.54) is 23.1 Å². The Balaban J connectivity index is 1.52. The molecule has 0 saturated heterocycles. The van der Waals surface area contributed by atoms with Gasteiger partial charge < -0.3 is 15.2 Å². The summed E-state index contributed by atoms with van der Waals surface area (Å²) in [6.07, 6.45) is 0.825. The zero-order chi connectivity index (χ0) is 25.4. The number of amides is 1. The molecule has 2 N–H and O–H groups in total. The highest BCUT2D eigenvalue weighted by atomic mass is 127. The Bertz CT molecular complexity index is 1170. The molecule has 10 heteroatoms. The van der Waals surface area contributed by atoms with Crippen LogP contribution in [0.2, 0.25) is 0 Å². The lowest BCUT2D eigenvalue weighted by Gasteiger charge is -2.39. The van der Waals surface area contributed by atoms with E-state index in [4.69, 9.17) is 9.73 Å². The van der Waals surface area contributed by atoms with Crippen LogP contribution in [0.3, 0.4) is 0 Å². The molecule has 0 saturated carbocycles. The summed E-state index contributed by atoms with van der Waals surface area (Å²) in [6, 6.07) is 19.2. The fourth-order valence-corrected chi connectivity index (χ4v) is 7.36. The quantitative estimate of drug-likeness (QED) is 0.204. The number of thioether (sulfide) groups is 1. The molecular formula is C26H27BrIN3O3S2. The lowest BCUT2D eigenvalue weighted by atomic mass is 9.80. The molecule has 3 atom stereocenters. The van der Waals surface area contributed by atoms with E-state index in [0.717, 1.165) is 21.4 Å². The van der Waals surface area contributed by atoms with Crippen molar-refractivity contribution in [1.29, 1.82) is 0 Å². The standard InChI is InChI=1S/C26H27BrIN3O3S2/c27-22-16-35-24(29-22)26(17-32)21(11-19(12-28)14-34-13-18-7-3-1-4-8-18)15-36-25(31-26)30-23(33)20-9-5-2-6-10-20/h1-10,16,19,21,32H,11-15,17H2,(H,30,31,33)/t19-,21-,26-/m0/s1. The molecule has 1 aliphatic rings. The second-order valence-corrected chi connectivity index (χ2v) is 12.1. The summed E-state index contributed by atoms with van der Waals surface area (Å²) < 4.78 is 7.71. The lowest BCUT2D eigenvalue weighted by molar-refractivity contribution is 0.0730. The number of amidine groups is 1. The van der Waals surface area contributed by atoms with Crippen molar-refractivity contribution in [2.75, 3.05) is 23.4 Å². The first-order valence-corrected chi connectivity index (χ1v) is 15.7. The number of hydrogen-bond acceptors (Lipinski definition) is 7. The normalized spacial score (nSPS) is 20.5. The molecule has 1 aromatic heterocycles. The third kappa shape index (κ3) is 6.96. The van der Waals surface area contributed by atoms with Gasteiger partial charge in [-0.3, -0.25) is 4.79 Å². The van der Waals surface area contributed by atoms with Crippen LogP contribution in [0.25, 0.3) is 0 Å². The van der Waals surface area contributed by atoms with Crippen LogP contribution in [0.4, 0.5) is 0 Å². The van der Waals surface area contributed by atoms with Crippen molar-refractivity contribution in [3.8, 4) is 0 Å². The number of rotatable bonds is 10. The molecule has 1 amide bonds. The molecule has 2 aromatic carbocycles. The number of aliphatic hydroxyl groups is 1. The van der Waals surface area contributed by atoms with Crippen LogP contribution in [-0.2, 0) is 16.9 Å². The fourth-order valence-electron chi connectivity index (χ4n) is 4.11. The zero-order valence-electron chi connectivity index (χ0n) is 19.5. The number of aliphatic imine (C=N–C) groups is 1. The van der Waals surface area contributed by atoms with E-state index in [2.05, 4.69) is 61.0 Å². The first kappa shape index (κ1) is 27.7. The van der Waals surface area contributed by atoms with Crippen LogP contribution >= 0.6 is 61.6 Å². The largest absolute Gasteiger partial charge is 0.393 e. The highest BCUT2D eigenvalue weighted by Crippen LogP contribution is 2.45. The highest BCUT2D eigenvalue weighted by molar-refractivity contribution is 14.1. The van der Waals surface area contributed by atoms with Crippen molar-refractivity contribution in [2.45, 2.75) is 18.6 Å². The molecule has 0 unspecified atom stereocenters. The number of hydrogen-bond donors (Lipinski definition) is 2. The predicted octanol–water partition coefficient (Wildman–Crippen LogP) is 5.90. The van der Waals surface area contributed by atoms with E-state index in [0.29, 0.717) is 40.2 Å². The summed E-state index contributed by atoms with van der Waals surface area (Å²) in [6.45, 7) is 1.01. The molecule has 4 rings (SSSR count). The summed E-state index contributed by atoms with van der Waals surface area (Å²) in [4.78, 5) is 22.4. The predicted molar refractivity (Wildman–Crippen MR) is 159 cm³/mol. The third-order valence-corrected chi connectivity index (χ3v) is 10.0. The minimum absolute atomic E-state index is 0.0306. The summed E-state index contributed by atoms with van der Waals surface area (Å²) in [5.41, 5.74) is 0.791. The second kappa shape index (κ2) is 13.5. The molecule has 6 nitrogen and oxygen atoms in total. The van der Waals surface area contributed by atoms with Crippen LogP contribution < -0.4 is 5.32 Å². The SMILES string of the molecule is O=C(NC1=N[C@](CO)(c2nc(Br)cs2)[C@@H](C[C@@H](CI)COCc2ccccc2)CS1)c1ccccc1. The maximum Gasteiger partial charge on any atom is 0.257 e. The number of ether oxygens (including phenoxy) is 1. The van der Waals surface area contributed by atoms with Crippen LogP contribution in [-0.4, -0.2) is 44.6 Å². The van der Waals surface area contributed by atoms with Crippen LogP contribution in [0, 0.1) is 11.8 Å². The van der Waals surface area contributed by atoms with Crippen molar-refractivity contribution in [3.05, 3.63) is 86.8 Å². The Kier molecular flexibility index (Phi) is 10.4. The molecule has 0 fully saturated rings. The number of alkyl halides is 1.